The molecule has 0 bridgehead atoms. The van der Waals surface area contributed by atoms with E-state index < -0.39 is 11.9 Å². The smallest absolute Gasteiger partial charge is 0.359 e. The second-order valence-corrected chi connectivity index (χ2v) is 5.10. The van der Waals surface area contributed by atoms with Gasteiger partial charge in [-0.2, -0.15) is 18.3 Å². The fourth-order valence-electron chi connectivity index (χ4n) is 2.42. The molecular formula is C13H15F3N6. The zero-order chi connectivity index (χ0) is 15.7. The Kier molecular flexibility index (Phi) is 3.71. The monoisotopic (exact) mass is 312 g/mol. The number of hydrogen-bond acceptors (Lipinski definition) is 5. The van der Waals surface area contributed by atoms with Gasteiger partial charge in [0.05, 0.1) is 6.04 Å². The van der Waals surface area contributed by atoms with E-state index in [9.17, 15) is 13.2 Å². The summed E-state index contributed by atoms with van der Waals surface area (Å²) in [7, 11) is 0. The molecule has 1 unspecified atom stereocenters. The third-order valence-corrected chi connectivity index (χ3v) is 3.51. The summed E-state index contributed by atoms with van der Waals surface area (Å²) in [5.74, 6) is 1.86. The Bertz CT molecular complexity index is 649. The number of anilines is 1. The van der Waals surface area contributed by atoms with E-state index in [0.717, 1.165) is 43.5 Å². The molecule has 9 heteroatoms. The number of hydrogen-bond donors (Lipinski definition) is 1. The molecule has 1 atom stereocenters. The number of aryl methyl sites for hydroxylation is 2. The summed E-state index contributed by atoms with van der Waals surface area (Å²) in [4.78, 5) is 4.46. The molecule has 0 radical (unpaired) electrons. The third-order valence-electron chi connectivity index (χ3n) is 3.51. The molecule has 2 aromatic heterocycles. The number of nitrogens with zero attached hydrogens (tertiary/aromatic N) is 5. The van der Waals surface area contributed by atoms with Crippen LogP contribution in [0.25, 0.3) is 0 Å². The fraction of sp³-hybridized carbons (Fsp3) is 0.538. The van der Waals surface area contributed by atoms with Crippen molar-refractivity contribution >= 4 is 5.82 Å². The van der Waals surface area contributed by atoms with E-state index in [1.54, 1.807) is 0 Å². The maximum absolute atomic E-state index is 12.5. The van der Waals surface area contributed by atoms with Crippen LogP contribution in [0.4, 0.5) is 19.0 Å². The lowest BCUT2D eigenvalue weighted by atomic mass is 10.1. The molecule has 2 aromatic rings. The molecule has 118 valence electrons. The topological polar surface area (TPSA) is 68.5 Å². The van der Waals surface area contributed by atoms with Gasteiger partial charge in [-0.25, -0.2) is 9.67 Å². The Hall–Kier alpha value is -2.19. The van der Waals surface area contributed by atoms with Crippen molar-refractivity contribution in [2.45, 2.75) is 44.9 Å². The Morgan fingerprint density at radius 3 is 2.77 bits per heavy atom. The summed E-state index contributed by atoms with van der Waals surface area (Å²) in [5, 5.41) is 14.3. The molecule has 3 heterocycles. The number of aromatic nitrogens is 5. The summed E-state index contributed by atoms with van der Waals surface area (Å²) >= 11 is 0. The zero-order valence-corrected chi connectivity index (χ0v) is 11.9. The maximum Gasteiger partial charge on any atom is 0.435 e. The first-order chi connectivity index (χ1) is 10.5. The minimum atomic E-state index is -4.48. The molecule has 0 saturated carbocycles. The van der Waals surface area contributed by atoms with Crippen molar-refractivity contribution in [2.24, 2.45) is 0 Å². The van der Waals surface area contributed by atoms with Crippen LogP contribution in [0.2, 0.25) is 0 Å². The predicted octanol–water partition coefficient (Wildman–Crippen LogP) is 2.60. The van der Waals surface area contributed by atoms with Crippen molar-refractivity contribution < 1.29 is 13.2 Å². The van der Waals surface area contributed by atoms with Gasteiger partial charge in [0.25, 0.3) is 0 Å². The Labute approximate surface area is 124 Å². The first-order valence-electron chi connectivity index (χ1n) is 7.08. The first kappa shape index (κ1) is 14.7. The van der Waals surface area contributed by atoms with Crippen molar-refractivity contribution in [3.05, 3.63) is 29.5 Å². The number of nitrogens with one attached hydrogen (secondary N) is 1. The highest BCUT2D eigenvalue weighted by atomic mass is 19.4. The number of halogens is 3. The Morgan fingerprint density at radius 1 is 1.32 bits per heavy atom. The molecule has 1 N–H and O–H groups in total. The summed E-state index contributed by atoms with van der Waals surface area (Å²) in [6.07, 6.45) is -1.99. The molecule has 0 saturated heterocycles. The minimum Gasteiger partial charge on any atom is -0.359 e. The molecule has 6 nitrogen and oxygen atoms in total. The normalized spacial score (nSPS) is 18.1. The van der Waals surface area contributed by atoms with E-state index in [1.807, 2.05) is 11.6 Å². The van der Waals surface area contributed by atoms with Crippen LogP contribution in [-0.4, -0.2) is 25.0 Å². The first-order valence-corrected chi connectivity index (χ1v) is 7.08. The third kappa shape index (κ3) is 2.88. The average Bonchev–Trinajstić information content (AvgIpc) is 2.91. The summed E-state index contributed by atoms with van der Waals surface area (Å²) in [6, 6.07) is 2.08. The van der Waals surface area contributed by atoms with Gasteiger partial charge in [0.15, 0.2) is 11.5 Å². The Balaban J connectivity index is 1.78. The molecule has 0 aliphatic carbocycles. The Morgan fingerprint density at radius 2 is 2.14 bits per heavy atom. The van der Waals surface area contributed by atoms with E-state index >= 15 is 0 Å². The zero-order valence-electron chi connectivity index (χ0n) is 11.9. The molecule has 1 aliphatic rings. The molecule has 0 spiro atoms. The minimum absolute atomic E-state index is 0.118. The van der Waals surface area contributed by atoms with Gasteiger partial charge in [-0.15, -0.1) is 10.2 Å². The van der Waals surface area contributed by atoms with Crippen LogP contribution in [-0.2, 0) is 19.1 Å². The molecule has 0 fully saturated rings. The SMILES string of the molecule is CCc1nc2n(n1)CCCC2Nc1ccc(C(F)(F)F)nn1. The van der Waals surface area contributed by atoms with Gasteiger partial charge >= 0.3 is 6.18 Å². The lowest BCUT2D eigenvalue weighted by Gasteiger charge is -2.23. The lowest BCUT2D eigenvalue weighted by Crippen LogP contribution is -2.23. The molecule has 22 heavy (non-hydrogen) atoms. The van der Waals surface area contributed by atoms with E-state index in [1.165, 1.54) is 6.07 Å². The van der Waals surface area contributed by atoms with Gasteiger partial charge in [0.1, 0.15) is 11.6 Å². The van der Waals surface area contributed by atoms with Gasteiger partial charge in [0.2, 0.25) is 0 Å². The van der Waals surface area contributed by atoms with Crippen LogP contribution in [0.15, 0.2) is 12.1 Å². The van der Waals surface area contributed by atoms with Crippen molar-refractivity contribution in [2.75, 3.05) is 5.32 Å². The molecular weight excluding hydrogens is 297 g/mol. The molecule has 0 aromatic carbocycles. The van der Waals surface area contributed by atoms with Crippen LogP contribution in [0.1, 0.15) is 43.1 Å². The van der Waals surface area contributed by atoms with E-state index in [-0.39, 0.29) is 6.04 Å². The molecule has 3 rings (SSSR count). The van der Waals surface area contributed by atoms with Gasteiger partial charge < -0.3 is 5.32 Å². The van der Waals surface area contributed by atoms with Crippen molar-refractivity contribution in [3.8, 4) is 0 Å². The predicted molar refractivity (Wildman–Crippen MR) is 72.0 cm³/mol. The highest BCUT2D eigenvalue weighted by Crippen LogP contribution is 2.29. The van der Waals surface area contributed by atoms with Crippen LogP contribution in [0.3, 0.4) is 0 Å². The quantitative estimate of drug-likeness (QED) is 0.943. The van der Waals surface area contributed by atoms with Gasteiger partial charge in [-0.3, -0.25) is 0 Å². The largest absolute Gasteiger partial charge is 0.435 e. The number of rotatable bonds is 3. The van der Waals surface area contributed by atoms with Crippen LogP contribution >= 0.6 is 0 Å². The molecule has 1 aliphatic heterocycles. The van der Waals surface area contributed by atoms with Crippen LogP contribution < -0.4 is 5.32 Å². The van der Waals surface area contributed by atoms with Crippen LogP contribution in [0.5, 0.6) is 0 Å². The van der Waals surface area contributed by atoms with Crippen LogP contribution in [0, 0.1) is 0 Å². The van der Waals surface area contributed by atoms with E-state index in [2.05, 4.69) is 25.6 Å². The lowest BCUT2D eigenvalue weighted by molar-refractivity contribution is -0.141. The van der Waals surface area contributed by atoms with Gasteiger partial charge in [-0.05, 0) is 25.0 Å². The van der Waals surface area contributed by atoms with Crippen molar-refractivity contribution in [1.82, 2.24) is 25.0 Å². The molecule has 0 amide bonds. The maximum atomic E-state index is 12.5. The van der Waals surface area contributed by atoms with Crippen molar-refractivity contribution in [3.63, 3.8) is 0 Å². The summed E-state index contributed by atoms with van der Waals surface area (Å²) < 4.78 is 39.3. The second kappa shape index (κ2) is 5.54. The van der Waals surface area contributed by atoms with E-state index in [4.69, 9.17) is 0 Å². The highest BCUT2D eigenvalue weighted by Gasteiger charge is 2.33. The number of alkyl halides is 3. The second-order valence-electron chi connectivity index (χ2n) is 5.10. The fourth-order valence-corrected chi connectivity index (χ4v) is 2.42. The van der Waals surface area contributed by atoms with Gasteiger partial charge in [0, 0.05) is 13.0 Å². The van der Waals surface area contributed by atoms with Crippen molar-refractivity contribution in [1.29, 1.82) is 0 Å². The standard InChI is InChI=1S/C13H15F3N6/c1-2-10-18-12-8(4-3-7-22(12)21-10)17-11-6-5-9(19-20-11)13(14,15)16/h5-6,8H,2-4,7H2,1H3,(H,17,20). The summed E-state index contributed by atoms with van der Waals surface area (Å²) in [5.41, 5.74) is -1.00. The highest BCUT2D eigenvalue weighted by molar-refractivity contribution is 5.36. The van der Waals surface area contributed by atoms with Gasteiger partial charge in [-0.1, -0.05) is 6.92 Å². The summed E-state index contributed by atoms with van der Waals surface area (Å²) in [6.45, 7) is 2.78. The number of fused-ring (bicyclic) bond motifs is 1. The van der Waals surface area contributed by atoms with E-state index in [0.29, 0.717) is 5.82 Å². The average molecular weight is 312 g/mol.